The van der Waals surface area contributed by atoms with Crippen LogP contribution in [0.15, 0.2) is 60.7 Å². The van der Waals surface area contributed by atoms with E-state index in [0.29, 0.717) is 0 Å². The van der Waals surface area contributed by atoms with Crippen LogP contribution in [0.1, 0.15) is 49.7 Å². The fourth-order valence-corrected chi connectivity index (χ4v) is 7.14. The van der Waals surface area contributed by atoms with Gasteiger partial charge in [-0.1, -0.05) is 42.5 Å². The SMILES string of the molecule is O=C(C=CC1C(C=Cc2ccc3c(c2)OCO3)C(C=Cc2ccc3c(c2)OCO3)C1C(=O)N1CCCCC1)N1CCCCC1. The van der Waals surface area contributed by atoms with Crippen LogP contribution in [0.25, 0.3) is 12.2 Å². The number of nitrogens with zero attached hydrogens (tertiary/aromatic N) is 2. The van der Waals surface area contributed by atoms with Crippen LogP contribution in [0.2, 0.25) is 0 Å². The molecule has 2 saturated heterocycles. The maximum Gasteiger partial charge on any atom is 0.246 e. The van der Waals surface area contributed by atoms with E-state index in [1.165, 1.54) is 6.42 Å². The van der Waals surface area contributed by atoms with Gasteiger partial charge in [0.1, 0.15) is 0 Å². The molecule has 0 aromatic heterocycles. The summed E-state index contributed by atoms with van der Waals surface area (Å²) in [6.45, 7) is 3.67. The molecule has 4 aliphatic heterocycles. The molecule has 2 amide bonds. The number of carbonyl (C=O) groups excluding carboxylic acids is 2. The van der Waals surface area contributed by atoms with Crippen LogP contribution in [0, 0.1) is 23.7 Å². The number of piperidine rings is 2. The maximum absolute atomic E-state index is 14.1. The lowest BCUT2D eigenvalue weighted by molar-refractivity contribution is -0.146. The van der Waals surface area contributed by atoms with Crippen LogP contribution in [0.3, 0.4) is 0 Å². The number of fused-ring (bicyclic) bond motifs is 2. The molecule has 0 radical (unpaired) electrons. The Morgan fingerprint density at radius 2 is 1.09 bits per heavy atom. The van der Waals surface area contributed by atoms with Gasteiger partial charge in [-0.15, -0.1) is 0 Å². The highest BCUT2D eigenvalue weighted by molar-refractivity contribution is 5.88. The number of likely N-dealkylation sites (tertiary alicyclic amines) is 2. The summed E-state index contributed by atoms with van der Waals surface area (Å²) < 4.78 is 22.2. The molecular weight excluding hydrogens is 556 g/mol. The van der Waals surface area contributed by atoms with Gasteiger partial charge in [-0.25, -0.2) is 0 Å². The van der Waals surface area contributed by atoms with Gasteiger partial charge in [-0.05, 0) is 97.7 Å². The number of carbonyl (C=O) groups is 2. The van der Waals surface area contributed by atoms with Crippen molar-refractivity contribution in [3.05, 3.63) is 71.8 Å². The zero-order valence-electron chi connectivity index (χ0n) is 25.1. The number of hydrogen-bond acceptors (Lipinski definition) is 6. The first-order chi connectivity index (χ1) is 21.6. The third kappa shape index (κ3) is 5.94. The topological polar surface area (TPSA) is 77.5 Å². The lowest BCUT2D eigenvalue weighted by atomic mass is 9.55. The van der Waals surface area contributed by atoms with E-state index < -0.39 is 0 Å². The van der Waals surface area contributed by atoms with Crippen molar-refractivity contribution in [1.82, 2.24) is 9.80 Å². The second kappa shape index (κ2) is 12.8. The molecule has 2 aromatic carbocycles. The summed E-state index contributed by atoms with van der Waals surface area (Å²) in [6, 6.07) is 11.8. The highest BCUT2D eigenvalue weighted by Crippen LogP contribution is 2.50. The van der Waals surface area contributed by atoms with Crippen molar-refractivity contribution >= 4 is 24.0 Å². The fraction of sp³-hybridized carbons (Fsp3) is 0.444. The highest BCUT2D eigenvalue weighted by Gasteiger charge is 2.51. The van der Waals surface area contributed by atoms with Crippen molar-refractivity contribution in [2.75, 3.05) is 39.8 Å². The molecule has 230 valence electrons. The van der Waals surface area contributed by atoms with Crippen molar-refractivity contribution in [2.45, 2.75) is 38.5 Å². The molecule has 4 unspecified atom stereocenters. The maximum atomic E-state index is 14.1. The van der Waals surface area contributed by atoms with Crippen LogP contribution in [0.5, 0.6) is 23.0 Å². The molecule has 0 spiro atoms. The second-order valence-electron chi connectivity index (χ2n) is 12.3. The minimum absolute atomic E-state index is 0.0279. The number of amides is 2. The minimum atomic E-state index is -0.241. The van der Waals surface area contributed by atoms with Gasteiger partial charge in [0.2, 0.25) is 25.4 Å². The smallest absolute Gasteiger partial charge is 0.246 e. The average Bonchev–Trinajstić information content (AvgIpc) is 3.74. The molecule has 44 heavy (non-hydrogen) atoms. The number of hydrogen-bond donors (Lipinski definition) is 0. The molecular formula is C36H40N2O6. The third-order valence-corrected chi connectivity index (χ3v) is 9.61. The van der Waals surface area contributed by atoms with Crippen molar-refractivity contribution in [2.24, 2.45) is 23.7 Å². The van der Waals surface area contributed by atoms with Crippen molar-refractivity contribution in [3.63, 3.8) is 0 Å². The Morgan fingerprint density at radius 3 is 1.68 bits per heavy atom. The number of rotatable bonds is 7. The molecule has 5 aliphatic rings. The van der Waals surface area contributed by atoms with Gasteiger partial charge in [-0.3, -0.25) is 9.59 Å². The van der Waals surface area contributed by atoms with E-state index in [4.69, 9.17) is 18.9 Å². The van der Waals surface area contributed by atoms with Gasteiger partial charge in [0, 0.05) is 26.2 Å². The van der Waals surface area contributed by atoms with Gasteiger partial charge >= 0.3 is 0 Å². The quantitative estimate of drug-likeness (QED) is 0.369. The van der Waals surface area contributed by atoms with Crippen LogP contribution >= 0.6 is 0 Å². The zero-order chi connectivity index (χ0) is 29.9. The summed E-state index contributed by atoms with van der Waals surface area (Å²) >= 11 is 0. The van der Waals surface area contributed by atoms with Gasteiger partial charge in [0.25, 0.3) is 0 Å². The van der Waals surface area contributed by atoms with Crippen molar-refractivity contribution in [3.8, 4) is 23.0 Å². The molecule has 0 N–H and O–H groups in total. The zero-order valence-corrected chi connectivity index (χ0v) is 25.1. The van der Waals surface area contributed by atoms with Gasteiger partial charge in [-0.2, -0.15) is 0 Å². The number of benzene rings is 2. The van der Waals surface area contributed by atoms with Crippen molar-refractivity contribution in [1.29, 1.82) is 0 Å². The minimum Gasteiger partial charge on any atom is -0.454 e. The monoisotopic (exact) mass is 596 g/mol. The molecule has 2 aromatic rings. The average molecular weight is 597 g/mol. The molecule has 4 atom stereocenters. The standard InChI is InChI=1S/C36H40N2O6/c39-34(37-17-3-1-4-18-37)16-13-29-27(11-7-25-9-14-30-32(21-25)43-23-41-30)28(35(29)36(40)38-19-5-2-6-20-38)12-8-26-10-15-31-33(22-26)44-24-42-31/h7-16,21-22,27-29,35H,1-6,17-20,23-24H2. The van der Waals surface area contributed by atoms with Crippen LogP contribution < -0.4 is 18.9 Å². The third-order valence-electron chi connectivity index (χ3n) is 9.61. The van der Waals surface area contributed by atoms with E-state index in [0.717, 1.165) is 92.4 Å². The lowest BCUT2D eigenvalue weighted by Gasteiger charge is -2.50. The van der Waals surface area contributed by atoms with Crippen molar-refractivity contribution < 1.29 is 28.5 Å². The normalized spacial score (nSPS) is 26.1. The van der Waals surface area contributed by atoms with E-state index in [-0.39, 0.29) is 49.1 Å². The summed E-state index contributed by atoms with van der Waals surface area (Å²) in [5.74, 6) is 2.89. The fourth-order valence-electron chi connectivity index (χ4n) is 7.14. The molecule has 4 heterocycles. The van der Waals surface area contributed by atoms with E-state index in [1.54, 1.807) is 6.08 Å². The molecule has 1 saturated carbocycles. The van der Waals surface area contributed by atoms with E-state index in [2.05, 4.69) is 24.3 Å². The first kappa shape index (κ1) is 28.6. The molecule has 7 rings (SSSR count). The van der Waals surface area contributed by atoms with Gasteiger partial charge < -0.3 is 28.7 Å². The van der Waals surface area contributed by atoms with Gasteiger partial charge in [0.05, 0.1) is 5.92 Å². The molecule has 3 fully saturated rings. The Bertz CT molecular complexity index is 1470. The van der Waals surface area contributed by atoms with E-state index in [9.17, 15) is 9.59 Å². The summed E-state index contributed by atoms with van der Waals surface area (Å²) in [6.07, 6.45) is 18.8. The highest BCUT2D eigenvalue weighted by atomic mass is 16.7. The summed E-state index contributed by atoms with van der Waals surface area (Å²) in [4.78, 5) is 31.3. The number of allylic oxidation sites excluding steroid dienone is 3. The first-order valence-corrected chi connectivity index (χ1v) is 16.1. The Hall–Kier alpha value is -4.20. The van der Waals surface area contributed by atoms with Crippen LogP contribution in [0.4, 0.5) is 0 Å². The van der Waals surface area contributed by atoms with Crippen LogP contribution in [-0.4, -0.2) is 61.4 Å². The first-order valence-electron chi connectivity index (χ1n) is 16.1. The predicted molar refractivity (Wildman–Crippen MR) is 167 cm³/mol. The molecule has 0 bridgehead atoms. The molecule has 8 heteroatoms. The van der Waals surface area contributed by atoms with Crippen LogP contribution in [-0.2, 0) is 9.59 Å². The predicted octanol–water partition coefficient (Wildman–Crippen LogP) is 5.93. The Kier molecular flexibility index (Phi) is 8.31. The van der Waals surface area contributed by atoms with Gasteiger partial charge in [0.15, 0.2) is 23.0 Å². The molecule has 1 aliphatic carbocycles. The Labute approximate surface area is 258 Å². The summed E-state index contributed by atoms with van der Waals surface area (Å²) in [5, 5.41) is 0. The molecule has 8 nitrogen and oxygen atoms in total. The Morgan fingerprint density at radius 1 is 0.591 bits per heavy atom. The second-order valence-corrected chi connectivity index (χ2v) is 12.3. The lowest BCUT2D eigenvalue weighted by Crippen LogP contribution is -2.54. The van der Waals surface area contributed by atoms with E-state index >= 15 is 0 Å². The summed E-state index contributed by atoms with van der Waals surface area (Å²) in [5.41, 5.74) is 2.00. The van der Waals surface area contributed by atoms with E-state index in [1.807, 2.05) is 52.3 Å². The Balaban J connectivity index is 1.19. The largest absolute Gasteiger partial charge is 0.454 e. The number of ether oxygens (including phenoxy) is 4. The summed E-state index contributed by atoms with van der Waals surface area (Å²) in [7, 11) is 0.